The average molecular weight is 296 g/mol. The summed E-state index contributed by atoms with van der Waals surface area (Å²) < 4.78 is 0. The fourth-order valence-electron chi connectivity index (χ4n) is 2.87. The average Bonchev–Trinajstić information content (AvgIpc) is 2.88. The van der Waals surface area contributed by atoms with Crippen LogP contribution in [0.5, 0.6) is 0 Å². The van der Waals surface area contributed by atoms with Gasteiger partial charge in [0.1, 0.15) is 0 Å². The molecule has 112 valence electrons. The van der Waals surface area contributed by atoms with Gasteiger partial charge in [-0.05, 0) is 45.0 Å². The molecule has 1 aromatic rings. The van der Waals surface area contributed by atoms with E-state index in [2.05, 4.69) is 36.9 Å². The van der Waals surface area contributed by atoms with E-state index in [1.807, 2.05) is 12.1 Å². The monoisotopic (exact) mass is 295 g/mol. The van der Waals surface area contributed by atoms with Gasteiger partial charge < -0.3 is 15.5 Å². The lowest BCUT2D eigenvalue weighted by atomic mass is 10.0. The van der Waals surface area contributed by atoms with E-state index in [0.29, 0.717) is 6.04 Å². The van der Waals surface area contributed by atoms with Crippen molar-refractivity contribution in [2.45, 2.75) is 38.3 Å². The first kappa shape index (κ1) is 15.6. The van der Waals surface area contributed by atoms with Crippen LogP contribution in [0.15, 0.2) is 18.2 Å². The quantitative estimate of drug-likeness (QED) is 0.906. The normalized spacial score (nSPS) is 20.7. The first-order valence-corrected chi connectivity index (χ1v) is 7.85. The Labute approximate surface area is 127 Å². The van der Waals surface area contributed by atoms with Crippen LogP contribution in [0.4, 0.5) is 5.69 Å². The summed E-state index contributed by atoms with van der Waals surface area (Å²) in [5.74, 6) is 0. The highest BCUT2D eigenvalue weighted by Crippen LogP contribution is 2.33. The van der Waals surface area contributed by atoms with Crippen LogP contribution in [0.3, 0.4) is 0 Å². The van der Waals surface area contributed by atoms with Gasteiger partial charge in [0.15, 0.2) is 0 Å². The topological polar surface area (TPSA) is 32.5 Å². The van der Waals surface area contributed by atoms with E-state index in [1.165, 1.54) is 17.7 Å². The number of anilines is 1. The minimum Gasteiger partial charge on any atom is -0.368 e. The molecule has 1 aliphatic rings. The number of benzene rings is 1. The number of hydrogen-bond donors (Lipinski definition) is 1. The molecule has 2 atom stereocenters. The molecule has 20 heavy (non-hydrogen) atoms. The zero-order chi connectivity index (χ0) is 14.7. The Morgan fingerprint density at radius 3 is 2.80 bits per heavy atom. The van der Waals surface area contributed by atoms with E-state index in [1.54, 1.807) is 0 Å². The van der Waals surface area contributed by atoms with Crippen molar-refractivity contribution in [3.63, 3.8) is 0 Å². The van der Waals surface area contributed by atoms with Gasteiger partial charge in [-0.3, -0.25) is 0 Å². The van der Waals surface area contributed by atoms with Crippen molar-refractivity contribution in [1.29, 1.82) is 0 Å². The Morgan fingerprint density at radius 1 is 1.45 bits per heavy atom. The number of nitrogens with zero attached hydrogens (tertiary/aromatic N) is 2. The van der Waals surface area contributed by atoms with Crippen molar-refractivity contribution in [3.8, 4) is 0 Å². The first-order valence-electron chi connectivity index (χ1n) is 7.47. The summed E-state index contributed by atoms with van der Waals surface area (Å²) in [7, 11) is 4.29. The summed E-state index contributed by atoms with van der Waals surface area (Å²) in [5, 5.41) is 0.852. The molecule has 1 aliphatic heterocycles. The van der Waals surface area contributed by atoms with Gasteiger partial charge >= 0.3 is 0 Å². The van der Waals surface area contributed by atoms with Gasteiger partial charge in [-0.1, -0.05) is 30.7 Å². The molecule has 0 amide bonds. The Hall–Kier alpha value is -0.770. The Kier molecular flexibility index (Phi) is 5.30. The van der Waals surface area contributed by atoms with Crippen molar-refractivity contribution >= 4 is 17.3 Å². The van der Waals surface area contributed by atoms with E-state index in [-0.39, 0.29) is 6.04 Å². The van der Waals surface area contributed by atoms with Gasteiger partial charge in [0.2, 0.25) is 0 Å². The molecule has 4 heteroatoms. The second-order valence-electron chi connectivity index (χ2n) is 5.97. The van der Waals surface area contributed by atoms with Crippen LogP contribution in [-0.4, -0.2) is 44.2 Å². The maximum atomic E-state index is 6.47. The second-order valence-corrected chi connectivity index (χ2v) is 6.38. The SMILES string of the molecule is CCC(N)Cc1cccc(Cl)c1N1CCC(N(C)C)C1. The Morgan fingerprint density at radius 2 is 2.20 bits per heavy atom. The summed E-state index contributed by atoms with van der Waals surface area (Å²) in [6, 6.07) is 7.00. The van der Waals surface area contributed by atoms with Gasteiger partial charge in [0, 0.05) is 25.2 Å². The molecule has 1 fully saturated rings. The molecular formula is C16H26ClN3. The third-order valence-corrected chi connectivity index (χ3v) is 4.59. The highest BCUT2D eigenvalue weighted by atomic mass is 35.5. The predicted octanol–water partition coefficient (Wildman–Crippen LogP) is 2.76. The lowest BCUT2D eigenvalue weighted by molar-refractivity contribution is 0.315. The molecular weight excluding hydrogens is 270 g/mol. The molecule has 1 aromatic carbocycles. The maximum absolute atomic E-state index is 6.47. The minimum absolute atomic E-state index is 0.208. The van der Waals surface area contributed by atoms with Gasteiger partial charge in [0.05, 0.1) is 10.7 Å². The third-order valence-electron chi connectivity index (χ3n) is 4.29. The van der Waals surface area contributed by atoms with Crippen molar-refractivity contribution in [1.82, 2.24) is 4.90 Å². The fraction of sp³-hybridized carbons (Fsp3) is 0.625. The zero-order valence-electron chi connectivity index (χ0n) is 12.8. The highest BCUT2D eigenvalue weighted by molar-refractivity contribution is 6.33. The molecule has 2 rings (SSSR count). The zero-order valence-corrected chi connectivity index (χ0v) is 13.5. The standard InChI is InChI=1S/C16H26ClN3/c1-4-13(18)10-12-6-5-7-15(17)16(12)20-9-8-14(11-20)19(2)3/h5-7,13-14H,4,8-11,18H2,1-3H3. The van der Waals surface area contributed by atoms with Crippen LogP contribution < -0.4 is 10.6 Å². The lowest BCUT2D eigenvalue weighted by Crippen LogP contribution is -2.32. The molecule has 0 spiro atoms. The number of hydrogen-bond acceptors (Lipinski definition) is 3. The second kappa shape index (κ2) is 6.79. The molecule has 0 bridgehead atoms. The van der Waals surface area contributed by atoms with Crippen LogP contribution in [0, 0.1) is 0 Å². The van der Waals surface area contributed by atoms with Crippen LogP contribution in [0.1, 0.15) is 25.3 Å². The number of halogens is 1. The molecule has 2 N–H and O–H groups in total. The molecule has 0 aromatic heterocycles. The van der Waals surface area contributed by atoms with Gasteiger partial charge in [0.25, 0.3) is 0 Å². The van der Waals surface area contributed by atoms with Crippen molar-refractivity contribution in [3.05, 3.63) is 28.8 Å². The Balaban J connectivity index is 2.22. The summed E-state index contributed by atoms with van der Waals surface area (Å²) in [6.45, 7) is 4.25. The van der Waals surface area contributed by atoms with Crippen molar-refractivity contribution in [2.24, 2.45) is 5.73 Å². The number of likely N-dealkylation sites (N-methyl/N-ethyl adjacent to an activating group) is 1. The summed E-state index contributed by atoms with van der Waals surface area (Å²) in [5.41, 5.74) is 8.61. The first-order chi connectivity index (χ1) is 9.52. The maximum Gasteiger partial charge on any atom is 0.0642 e. The summed E-state index contributed by atoms with van der Waals surface area (Å²) >= 11 is 6.47. The van der Waals surface area contributed by atoms with E-state index in [9.17, 15) is 0 Å². The molecule has 0 saturated carbocycles. The molecule has 3 nitrogen and oxygen atoms in total. The number of rotatable bonds is 5. The van der Waals surface area contributed by atoms with Crippen LogP contribution in [0.25, 0.3) is 0 Å². The van der Waals surface area contributed by atoms with Crippen molar-refractivity contribution in [2.75, 3.05) is 32.1 Å². The minimum atomic E-state index is 0.208. The number of para-hydroxylation sites is 1. The van der Waals surface area contributed by atoms with Crippen LogP contribution >= 0.6 is 11.6 Å². The highest BCUT2D eigenvalue weighted by Gasteiger charge is 2.27. The fourth-order valence-corrected chi connectivity index (χ4v) is 3.19. The van der Waals surface area contributed by atoms with E-state index in [0.717, 1.165) is 31.0 Å². The van der Waals surface area contributed by atoms with Gasteiger partial charge in [-0.15, -0.1) is 0 Å². The summed E-state index contributed by atoms with van der Waals surface area (Å²) in [4.78, 5) is 4.72. The van der Waals surface area contributed by atoms with Gasteiger partial charge in [-0.25, -0.2) is 0 Å². The largest absolute Gasteiger partial charge is 0.368 e. The molecule has 0 radical (unpaired) electrons. The van der Waals surface area contributed by atoms with Crippen molar-refractivity contribution < 1.29 is 0 Å². The Bertz CT molecular complexity index is 447. The molecule has 1 heterocycles. The van der Waals surface area contributed by atoms with Gasteiger partial charge in [-0.2, -0.15) is 0 Å². The third kappa shape index (κ3) is 3.46. The molecule has 2 unspecified atom stereocenters. The molecule has 1 saturated heterocycles. The van der Waals surface area contributed by atoms with E-state index < -0.39 is 0 Å². The predicted molar refractivity (Wildman–Crippen MR) is 87.7 cm³/mol. The van der Waals surface area contributed by atoms with Crippen LogP contribution in [0.2, 0.25) is 5.02 Å². The van der Waals surface area contributed by atoms with E-state index >= 15 is 0 Å². The van der Waals surface area contributed by atoms with Crippen LogP contribution in [-0.2, 0) is 6.42 Å². The summed E-state index contributed by atoms with van der Waals surface area (Å²) in [6.07, 6.45) is 3.08. The number of nitrogens with two attached hydrogens (primary N) is 1. The molecule has 0 aliphatic carbocycles. The van der Waals surface area contributed by atoms with E-state index in [4.69, 9.17) is 17.3 Å². The smallest absolute Gasteiger partial charge is 0.0642 e. The lowest BCUT2D eigenvalue weighted by Gasteiger charge is -2.26.